The van der Waals surface area contributed by atoms with Gasteiger partial charge in [0.15, 0.2) is 0 Å². The Morgan fingerprint density at radius 2 is 1.58 bits per heavy atom. The molecule has 0 aliphatic rings. The van der Waals surface area contributed by atoms with Crippen LogP contribution in [0, 0.1) is 0 Å². The Labute approximate surface area is 201 Å². The molecule has 4 nitrogen and oxygen atoms in total. The summed E-state index contributed by atoms with van der Waals surface area (Å²) in [6.45, 7) is 6.26. The summed E-state index contributed by atoms with van der Waals surface area (Å²) < 4.78 is 0. The molecular formula is C28H33ClN2O2. The second-order valence-electron chi connectivity index (χ2n) is 8.49. The van der Waals surface area contributed by atoms with Crippen LogP contribution in [0.2, 0.25) is 5.02 Å². The lowest BCUT2D eigenvalue weighted by Crippen LogP contribution is -2.50. The minimum Gasteiger partial charge on any atom is -0.352 e. The molecule has 0 radical (unpaired) electrons. The molecule has 0 saturated heterocycles. The summed E-state index contributed by atoms with van der Waals surface area (Å²) in [5.74, 6) is -0.161. The Morgan fingerprint density at radius 1 is 0.909 bits per heavy atom. The van der Waals surface area contributed by atoms with Crippen molar-refractivity contribution in [3.8, 4) is 0 Å². The van der Waals surface area contributed by atoms with Crippen LogP contribution in [0.15, 0.2) is 66.7 Å². The average Bonchev–Trinajstić information content (AvgIpc) is 2.83. The molecule has 3 aromatic carbocycles. The number of carbonyl (C=O) groups excluding carboxylic acids is 2. The highest BCUT2D eigenvalue weighted by Gasteiger charge is 2.29. The Morgan fingerprint density at radius 3 is 2.30 bits per heavy atom. The fraction of sp³-hybridized carbons (Fsp3) is 0.357. The van der Waals surface area contributed by atoms with E-state index in [0.717, 1.165) is 28.3 Å². The van der Waals surface area contributed by atoms with Crippen LogP contribution in [-0.4, -0.2) is 28.8 Å². The number of rotatable bonds is 10. The highest BCUT2D eigenvalue weighted by atomic mass is 35.5. The molecule has 2 amide bonds. The van der Waals surface area contributed by atoms with Crippen LogP contribution in [0.3, 0.4) is 0 Å². The van der Waals surface area contributed by atoms with Gasteiger partial charge in [0, 0.05) is 24.0 Å². The van der Waals surface area contributed by atoms with E-state index in [1.165, 1.54) is 0 Å². The van der Waals surface area contributed by atoms with Crippen molar-refractivity contribution in [2.45, 2.75) is 65.1 Å². The molecule has 33 heavy (non-hydrogen) atoms. The fourth-order valence-corrected chi connectivity index (χ4v) is 4.26. The number of aryl methyl sites for hydroxylation is 1. The molecule has 2 unspecified atom stereocenters. The van der Waals surface area contributed by atoms with E-state index in [-0.39, 0.29) is 17.9 Å². The molecule has 0 fully saturated rings. The molecule has 0 bridgehead atoms. The molecule has 3 aromatic rings. The summed E-state index contributed by atoms with van der Waals surface area (Å²) in [6.07, 6.45) is 2.31. The monoisotopic (exact) mass is 464 g/mol. The Kier molecular flexibility index (Phi) is 8.90. The van der Waals surface area contributed by atoms with Crippen molar-refractivity contribution in [1.82, 2.24) is 10.2 Å². The van der Waals surface area contributed by atoms with Crippen LogP contribution in [0.5, 0.6) is 0 Å². The predicted octanol–water partition coefficient (Wildman–Crippen LogP) is 6.15. The molecule has 3 rings (SSSR count). The van der Waals surface area contributed by atoms with Crippen LogP contribution in [0.4, 0.5) is 0 Å². The van der Waals surface area contributed by atoms with Crippen LogP contribution in [-0.2, 0) is 22.6 Å². The molecule has 1 N–H and O–H groups in total. The van der Waals surface area contributed by atoms with Crippen molar-refractivity contribution < 1.29 is 9.59 Å². The maximum Gasteiger partial charge on any atom is 0.243 e. The standard InChI is InChI=1S/C28H33ClN2O2/c1-4-20(3)30-28(33)26(5-2)31(19-23-12-7-9-16-25(23)29)27(32)18-17-22-14-10-13-21-11-6-8-15-24(21)22/h6-16,20,26H,4-5,17-19H2,1-3H3,(H,30,33). The van der Waals surface area contributed by atoms with Crippen molar-refractivity contribution in [3.05, 3.63) is 82.9 Å². The van der Waals surface area contributed by atoms with Gasteiger partial charge >= 0.3 is 0 Å². The highest BCUT2D eigenvalue weighted by Crippen LogP contribution is 2.23. The van der Waals surface area contributed by atoms with Crippen molar-refractivity contribution in [3.63, 3.8) is 0 Å². The lowest BCUT2D eigenvalue weighted by Gasteiger charge is -2.32. The van der Waals surface area contributed by atoms with E-state index in [1.807, 2.05) is 63.2 Å². The summed E-state index contributed by atoms with van der Waals surface area (Å²) >= 11 is 6.41. The van der Waals surface area contributed by atoms with Gasteiger partial charge in [0.05, 0.1) is 0 Å². The van der Waals surface area contributed by atoms with Gasteiger partial charge in [0.25, 0.3) is 0 Å². The first kappa shape index (κ1) is 24.8. The molecule has 0 saturated carbocycles. The molecule has 174 valence electrons. The quantitative estimate of drug-likeness (QED) is 0.391. The van der Waals surface area contributed by atoms with Crippen LogP contribution in [0.25, 0.3) is 10.8 Å². The first-order valence-electron chi connectivity index (χ1n) is 11.7. The van der Waals surface area contributed by atoms with Gasteiger partial charge in [-0.1, -0.05) is 86.1 Å². The second kappa shape index (κ2) is 11.9. The maximum atomic E-state index is 13.5. The minimum atomic E-state index is -0.546. The first-order valence-corrected chi connectivity index (χ1v) is 12.1. The minimum absolute atomic E-state index is 0.0472. The lowest BCUT2D eigenvalue weighted by molar-refractivity contribution is -0.141. The SMILES string of the molecule is CCC(C)NC(=O)C(CC)N(Cc1ccccc1Cl)C(=O)CCc1cccc2ccccc12. The number of hydrogen-bond donors (Lipinski definition) is 1. The van der Waals surface area contributed by atoms with Gasteiger partial charge < -0.3 is 10.2 Å². The molecule has 0 aromatic heterocycles. The zero-order valence-corrected chi connectivity index (χ0v) is 20.4. The molecule has 0 aliphatic heterocycles. The Bertz CT molecular complexity index is 1090. The number of benzene rings is 3. The summed E-state index contributed by atoms with van der Waals surface area (Å²) in [5, 5.41) is 5.97. The van der Waals surface area contributed by atoms with E-state index in [0.29, 0.717) is 30.8 Å². The third kappa shape index (κ3) is 6.35. The van der Waals surface area contributed by atoms with Gasteiger partial charge in [-0.15, -0.1) is 0 Å². The van der Waals surface area contributed by atoms with Crippen LogP contribution < -0.4 is 5.32 Å². The van der Waals surface area contributed by atoms with Gasteiger partial charge in [-0.3, -0.25) is 9.59 Å². The average molecular weight is 465 g/mol. The zero-order valence-electron chi connectivity index (χ0n) is 19.7. The molecule has 0 aliphatic carbocycles. The number of carbonyl (C=O) groups is 2. The number of hydrogen-bond acceptors (Lipinski definition) is 2. The third-order valence-electron chi connectivity index (χ3n) is 6.17. The van der Waals surface area contributed by atoms with Crippen molar-refractivity contribution in [2.24, 2.45) is 0 Å². The summed E-state index contributed by atoms with van der Waals surface area (Å²) in [6, 6.07) is 21.4. The molecule has 0 heterocycles. The van der Waals surface area contributed by atoms with E-state index in [4.69, 9.17) is 11.6 Å². The van der Waals surface area contributed by atoms with E-state index in [2.05, 4.69) is 29.6 Å². The number of nitrogens with one attached hydrogen (secondary N) is 1. The van der Waals surface area contributed by atoms with E-state index >= 15 is 0 Å². The molecule has 0 spiro atoms. The number of amides is 2. The van der Waals surface area contributed by atoms with Crippen LogP contribution in [0.1, 0.15) is 51.2 Å². The topological polar surface area (TPSA) is 49.4 Å². The van der Waals surface area contributed by atoms with E-state index < -0.39 is 6.04 Å². The Hall–Kier alpha value is -2.85. The highest BCUT2D eigenvalue weighted by molar-refractivity contribution is 6.31. The van der Waals surface area contributed by atoms with Crippen molar-refractivity contribution in [1.29, 1.82) is 0 Å². The lowest BCUT2D eigenvalue weighted by atomic mass is 10.00. The smallest absolute Gasteiger partial charge is 0.243 e. The summed E-state index contributed by atoms with van der Waals surface area (Å²) in [7, 11) is 0. The van der Waals surface area contributed by atoms with Gasteiger partial charge in [-0.05, 0) is 54.2 Å². The van der Waals surface area contributed by atoms with Crippen molar-refractivity contribution in [2.75, 3.05) is 0 Å². The van der Waals surface area contributed by atoms with Crippen LogP contribution >= 0.6 is 11.6 Å². The number of fused-ring (bicyclic) bond motifs is 1. The molecule has 2 atom stereocenters. The predicted molar refractivity (Wildman–Crippen MR) is 136 cm³/mol. The molecular weight excluding hydrogens is 432 g/mol. The number of halogens is 1. The van der Waals surface area contributed by atoms with Gasteiger partial charge in [0.1, 0.15) is 6.04 Å². The third-order valence-corrected chi connectivity index (χ3v) is 6.54. The summed E-state index contributed by atoms with van der Waals surface area (Å²) in [5.41, 5.74) is 1.98. The fourth-order valence-electron chi connectivity index (χ4n) is 4.07. The largest absolute Gasteiger partial charge is 0.352 e. The van der Waals surface area contributed by atoms with Gasteiger partial charge in [-0.2, -0.15) is 0 Å². The van der Waals surface area contributed by atoms with Gasteiger partial charge in [0.2, 0.25) is 11.8 Å². The summed E-state index contributed by atoms with van der Waals surface area (Å²) in [4.78, 5) is 28.3. The first-order chi connectivity index (χ1) is 15.9. The van der Waals surface area contributed by atoms with E-state index in [9.17, 15) is 9.59 Å². The second-order valence-corrected chi connectivity index (χ2v) is 8.90. The molecule has 5 heteroatoms. The van der Waals surface area contributed by atoms with Gasteiger partial charge in [-0.25, -0.2) is 0 Å². The Balaban J connectivity index is 1.84. The zero-order chi connectivity index (χ0) is 23.8. The van der Waals surface area contributed by atoms with E-state index in [1.54, 1.807) is 4.90 Å². The maximum absolute atomic E-state index is 13.5. The van der Waals surface area contributed by atoms with Crippen molar-refractivity contribution >= 4 is 34.2 Å². The number of nitrogens with zero attached hydrogens (tertiary/aromatic N) is 1. The normalized spacial score (nSPS) is 12.8.